The van der Waals surface area contributed by atoms with E-state index >= 15 is 0 Å². The molecule has 21 heavy (non-hydrogen) atoms. The van der Waals surface area contributed by atoms with Crippen molar-refractivity contribution in [2.45, 2.75) is 62.3 Å². The third-order valence-corrected chi connectivity index (χ3v) is 6.18. The van der Waals surface area contributed by atoms with Gasteiger partial charge in [0.1, 0.15) is 0 Å². The molecule has 0 fully saturated rings. The first kappa shape index (κ1) is 25.2. The van der Waals surface area contributed by atoms with Crippen molar-refractivity contribution in [3.8, 4) is 0 Å². The molecular formula is C16H30O4Sn. The minimum absolute atomic E-state index is 0.149. The van der Waals surface area contributed by atoms with E-state index in [1.165, 1.54) is 39.5 Å². The second-order valence-electron chi connectivity index (χ2n) is 4.63. The maximum atomic E-state index is 9.60. The molecule has 0 rings (SSSR count). The summed E-state index contributed by atoms with van der Waals surface area (Å²) in [5.41, 5.74) is 0.352. The summed E-state index contributed by atoms with van der Waals surface area (Å²) in [4.78, 5) is 19.2. The van der Waals surface area contributed by atoms with Crippen LogP contribution in [0.5, 0.6) is 0 Å². The Labute approximate surface area is 139 Å². The molecule has 2 N–H and O–H groups in total. The third kappa shape index (κ3) is 32.6. The summed E-state index contributed by atoms with van der Waals surface area (Å²) < 4.78 is 3.25. The molecule has 4 nitrogen and oxygen atoms in total. The molecule has 0 aromatic carbocycles. The number of carboxylic acids is 2. The van der Waals surface area contributed by atoms with Crippen LogP contribution < -0.4 is 0 Å². The number of rotatable bonds is 8. The predicted octanol–water partition coefficient (Wildman–Crippen LogP) is 4.42. The summed E-state index contributed by atoms with van der Waals surface area (Å²) in [6.07, 6.45) is 5.84. The first-order valence-corrected chi connectivity index (χ1v) is 11.2. The van der Waals surface area contributed by atoms with Crippen molar-refractivity contribution in [3.63, 3.8) is 0 Å². The van der Waals surface area contributed by atoms with E-state index in [1.807, 2.05) is 0 Å². The average molecular weight is 405 g/mol. The number of aliphatic carboxylic acids is 2. The summed E-state index contributed by atoms with van der Waals surface area (Å²) in [5, 5.41) is 15.8. The van der Waals surface area contributed by atoms with E-state index in [-0.39, 0.29) is 32.3 Å². The van der Waals surface area contributed by atoms with Crippen molar-refractivity contribution < 1.29 is 19.8 Å². The zero-order chi connectivity index (χ0) is 17.3. The Morgan fingerprint density at radius 2 is 1.10 bits per heavy atom. The molecule has 0 aliphatic heterocycles. The van der Waals surface area contributed by atoms with Crippen molar-refractivity contribution in [3.05, 3.63) is 24.3 Å². The van der Waals surface area contributed by atoms with Crippen LogP contribution in [-0.4, -0.2) is 43.3 Å². The Hall–Kier alpha value is -0.781. The van der Waals surface area contributed by atoms with Crippen LogP contribution in [0, 0.1) is 0 Å². The van der Waals surface area contributed by atoms with Gasteiger partial charge >= 0.3 is 81.5 Å². The molecule has 0 spiro atoms. The molecule has 0 saturated carbocycles. The fourth-order valence-electron chi connectivity index (χ4n) is 0.729. The van der Waals surface area contributed by atoms with E-state index in [4.69, 9.17) is 10.2 Å². The van der Waals surface area contributed by atoms with Crippen molar-refractivity contribution in [1.82, 2.24) is 0 Å². The van der Waals surface area contributed by atoms with Crippen LogP contribution >= 0.6 is 0 Å². The van der Waals surface area contributed by atoms with Gasteiger partial charge in [0.05, 0.1) is 0 Å². The molecular weight excluding hydrogens is 375 g/mol. The second-order valence-corrected chi connectivity index (χ2v) is 8.91. The Morgan fingerprint density at radius 1 is 0.857 bits per heavy atom. The molecule has 0 aromatic rings. The molecule has 5 heteroatoms. The molecule has 0 aliphatic rings. The molecule has 0 aliphatic carbocycles. The number of carboxylic acid groups (broad SMARTS) is 2. The van der Waals surface area contributed by atoms with E-state index in [0.29, 0.717) is 0 Å². The van der Waals surface area contributed by atoms with Crippen molar-refractivity contribution in [1.29, 1.82) is 0 Å². The van der Waals surface area contributed by atoms with Crippen LogP contribution in [0.15, 0.2) is 24.3 Å². The molecule has 0 aromatic heterocycles. The molecule has 0 atom stereocenters. The van der Waals surface area contributed by atoms with E-state index in [1.54, 1.807) is 8.87 Å². The Morgan fingerprint density at radius 3 is 1.24 bits per heavy atom. The summed E-state index contributed by atoms with van der Waals surface area (Å²) in [6, 6.07) is 0. The first-order valence-electron chi connectivity index (χ1n) is 7.18. The van der Waals surface area contributed by atoms with Crippen LogP contribution in [-0.2, 0) is 9.59 Å². The topological polar surface area (TPSA) is 74.6 Å². The van der Waals surface area contributed by atoms with E-state index in [9.17, 15) is 9.59 Å². The van der Waals surface area contributed by atoms with Gasteiger partial charge in [-0.05, 0) is 13.8 Å². The van der Waals surface area contributed by atoms with E-state index < -0.39 is 11.9 Å². The molecule has 0 amide bonds. The van der Waals surface area contributed by atoms with Crippen LogP contribution in [0.1, 0.15) is 53.4 Å². The van der Waals surface area contributed by atoms with Gasteiger partial charge in [-0.25, -0.2) is 9.59 Å². The summed E-state index contributed by atoms with van der Waals surface area (Å²) in [5.74, 6) is -1.87. The Balaban J connectivity index is -0.000000240. The van der Waals surface area contributed by atoms with Crippen molar-refractivity contribution >= 4 is 33.1 Å². The molecule has 0 bridgehead atoms. The standard InChI is InChI=1S/2C4H6O2.2C4H9.Sn/c2*1-3(2)4(5)6;2*1-3-4-2;/h2*1H2,2H3,(H,5,6);2*1,3-4H2,2H3;. The van der Waals surface area contributed by atoms with Gasteiger partial charge in [-0.1, -0.05) is 13.2 Å². The third-order valence-electron chi connectivity index (χ3n) is 2.14. The van der Waals surface area contributed by atoms with Crippen LogP contribution in [0.25, 0.3) is 0 Å². The van der Waals surface area contributed by atoms with E-state index in [0.717, 1.165) is 0 Å². The van der Waals surface area contributed by atoms with E-state index in [2.05, 4.69) is 27.0 Å². The summed E-state index contributed by atoms with van der Waals surface area (Å²) >= 11 is 0.149. The molecule has 2 radical (unpaired) electrons. The second kappa shape index (κ2) is 19.2. The van der Waals surface area contributed by atoms with Gasteiger partial charge < -0.3 is 10.2 Å². The van der Waals surface area contributed by atoms with Gasteiger partial charge in [-0.2, -0.15) is 0 Å². The number of hydrogen-bond acceptors (Lipinski definition) is 2. The number of hydrogen-bond donors (Lipinski definition) is 2. The fourth-order valence-corrected chi connectivity index (χ4v) is 4.89. The van der Waals surface area contributed by atoms with Crippen molar-refractivity contribution in [2.75, 3.05) is 0 Å². The number of unbranched alkanes of at least 4 members (excludes halogenated alkanes) is 2. The van der Waals surface area contributed by atoms with Crippen LogP contribution in [0.3, 0.4) is 0 Å². The summed E-state index contributed by atoms with van der Waals surface area (Å²) in [6.45, 7) is 13.8. The molecule has 0 heterocycles. The Kier molecular flexibility index (Phi) is 23.1. The normalized spacial score (nSPS) is 8.57. The monoisotopic (exact) mass is 406 g/mol. The quantitative estimate of drug-likeness (QED) is 0.356. The van der Waals surface area contributed by atoms with Crippen molar-refractivity contribution in [2.24, 2.45) is 0 Å². The fraction of sp³-hybridized carbons (Fsp3) is 0.625. The average Bonchev–Trinajstić information content (AvgIpc) is 2.40. The number of carbonyl (C=O) groups is 2. The zero-order valence-electron chi connectivity index (χ0n) is 13.9. The zero-order valence-corrected chi connectivity index (χ0v) is 16.7. The van der Waals surface area contributed by atoms with Crippen LogP contribution in [0.4, 0.5) is 0 Å². The van der Waals surface area contributed by atoms with Gasteiger partial charge in [0, 0.05) is 11.1 Å². The predicted molar refractivity (Wildman–Crippen MR) is 90.1 cm³/mol. The molecule has 122 valence electrons. The first-order chi connectivity index (χ1) is 9.70. The van der Waals surface area contributed by atoms with Gasteiger partial charge in [-0.3, -0.25) is 0 Å². The van der Waals surface area contributed by atoms with Gasteiger partial charge in [0.25, 0.3) is 0 Å². The Bertz CT molecular complexity index is 257. The van der Waals surface area contributed by atoms with Crippen LogP contribution in [0.2, 0.25) is 8.87 Å². The van der Waals surface area contributed by atoms with Gasteiger partial charge in [-0.15, -0.1) is 0 Å². The van der Waals surface area contributed by atoms with Gasteiger partial charge in [0.15, 0.2) is 0 Å². The molecule has 0 unspecified atom stereocenters. The SMILES string of the molecule is C=C(C)C(=O)O.C=C(C)C(=O)O.CCC[CH2][Sn][CH2]CCC. The van der Waals surface area contributed by atoms with Gasteiger partial charge in [0.2, 0.25) is 0 Å². The molecule has 0 saturated heterocycles. The minimum atomic E-state index is -0.935. The summed E-state index contributed by atoms with van der Waals surface area (Å²) in [7, 11) is 0. The maximum absolute atomic E-state index is 9.60.